The van der Waals surface area contributed by atoms with Crippen LogP contribution in [0.5, 0.6) is 0 Å². The van der Waals surface area contributed by atoms with E-state index in [0.29, 0.717) is 10.7 Å². The zero-order chi connectivity index (χ0) is 19.0. The Hall–Kier alpha value is -2.31. The molecule has 1 saturated heterocycles. The van der Waals surface area contributed by atoms with Crippen molar-refractivity contribution in [1.29, 1.82) is 0 Å². The minimum atomic E-state index is -0.469. The summed E-state index contributed by atoms with van der Waals surface area (Å²) in [6, 6.07) is 14.1. The Morgan fingerprint density at radius 3 is 2.52 bits per heavy atom. The third-order valence-corrected chi connectivity index (χ3v) is 5.95. The molecule has 2 aliphatic rings. The van der Waals surface area contributed by atoms with Gasteiger partial charge in [0.25, 0.3) is 0 Å². The predicted octanol–water partition coefficient (Wildman–Crippen LogP) is 4.11. The Bertz CT molecular complexity index is 912. The highest BCUT2D eigenvalue weighted by Crippen LogP contribution is 2.35. The van der Waals surface area contributed by atoms with E-state index in [9.17, 15) is 14.4 Å². The van der Waals surface area contributed by atoms with Crippen LogP contribution in [0.4, 0.5) is 11.4 Å². The summed E-state index contributed by atoms with van der Waals surface area (Å²) in [5.41, 5.74) is 1.24. The van der Waals surface area contributed by atoms with Crippen LogP contribution in [0.25, 0.3) is 0 Å². The first-order valence-electron chi connectivity index (χ1n) is 8.71. The molecule has 27 heavy (non-hydrogen) atoms. The summed E-state index contributed by atoms with van der Waals surface area (Å²) in [6.07, 6.45) is 2.07. The molecule has 1 unspecified atom stereocenters. The molecular weight excluding hydrogens is 384 g/mol. The molecule has 1 heterocycles. The number of benzene rings is 2. The maximum Gasteiger partial charge on any atom is 0.247 e. The standard InChI is InChI=1S/C20H17ClN2O3S/c21-13-2-1-3-15(10-13)23-18(24)11-17(20(23)26)27-16-8-6-14(7-9-16)22-19(25)12-4-5-12/h1-3,6-10,12,17H,4-5,11H2,(H,22,25). The normalized spacial score (nSPS) is 19.4. The lowest BCUT2D eigenvalue weighted by Gasteiger charge is -2.15. The molecule has 4 rings (SSSR count). The van der Waals surface area contributed by atoms with Gasteiger partial charge in [-0.3, -0.25) is 14.4 Å². The Balaban J connectivity index is 1.43. The Labute approximate surface area is 166 Å². The molecule has 1 saturated carbocycles. The Morgan fingerprint density at radius 2 is 1.85 bits per heavy atom. The quantitative estimate of drug-likeness (QED) is 0.767. The number of halogens is 1. The molecule has 7 heteroatoms. The van der Waals surface area contributed by atoms with Crippen molar-refractivity contribution in [3.63, 3.8) is 0 Å². The third-order valence-electron chi connectivity index (χ3n) is 4.52. The number of carbonyl (C=O) groups is 3. The van der Waals surface area contributed by atoms with Gasteiger partial charge in [0.15, 0.2) is 0 Å². The summed E-state index contributed by atoms with van der Waals surface area (Å²) in [7, 11) is 0. The van der Waals surface area contributed by atoms with Gasteiger partial charge in [0.1, 0.15) is 0 Å². The fourth-order valence-corrected chi connectivity index (χ4v) is 4.19. The average molecular weight is 401 g/mol. The van der Waals surface area contributed by atoms with Crippen molar-refractivity contribution in [1.82, 2.24) is 0 Å². The van der Waals surface area contributed by atoms with Crippen LogP contribution in [-0.2, 0) is 14.4 Å². The molecular formula is C20H17ClN2O3S. The van der Waals surface area contributed by atoms with Crippen LogP contribution in [-0.4, -0.2) is 23.0 Å². The van der Waals surface area contributed by atoms with Crippen molar-refractivity contribution < 1.29 is 14.4 Å². The van der Waals surface area contributed by atoms with Crippen molar-refractivity contribution in [2.75, 3.05) is 10.2 Å². The molecule has 2 fully saturated rings. The molecule has 1 aliphatic heterocycles. The minimum Gasteiger partial charge on any atom is -0.326 e. The number of nitrogens with zero attached hydrogens (tertiary/aromatic N) is 1. The number of hydrogen-bond donors (Lipinski definition) is 1. The largest absolute Gasteiger partial charge is 0.326 e. The highest BCUT2D eigenvalue weighted by atomic mass is 35.5. The van der Waals surface area contributed by atoms with Crippen LogP contribution in [0.3, 0.4) is 0 Å². The minimum absolute atomic E-state index is 0.0594. The number of anilines is 2. The first-order valence-corrected chi connectivity index (χ1v) is 9.97. The second-order valence-corrected chi connectivity index (χ2v) is 8.36. The van der Waals surface area contributed by atoms with Gasteiger partial charge in [-0.1, -0.05) is 17.7 Å². The zero-order valence-electron chi connectivity index (χ0n) is 14.4. The lowest BCUT2D eigenvalue weighted by molar-refractivity contribution is -0.121. The lowest BCUT2D eigenvalue weighted by Crippen LogP contribution is -2.31. The second-order valence-electron chi connectivity index (χ2n) is 6.65. The first-order chi connectivity index (χ1) is 13.0. The highest BCUT2D eigenvalue weighted by molar-refractivity contribution is 8.00. The van der Waals surface area contributed by atoms with E-state index in [1.807, 2.05) is 24.3 Å². The van der Waals surface area contributed by atoms with Gasteiger partial charge in [-0.25, -0.2) is 4.90 Å². The molecule has 1 N–H and O–H groups in total. The van der Waals surface area contributed by atoms with Gasteiger partial charge in [0, 0.05) is 27.9 Å². The average Bonchev–Trinajstić information content (AvgIpc) is 3.44. The van der Waals surface area contributed by atoms with Gasteiger partial charge in [-0.05, 0) is 55.3 Å². The highest BCUT2D eigenvalue weighted by Gasteiger charge is 2.40. The molecule has 0 bridgehead atoms. The van der Waals surface area contributed by atoms with E-state index < -0.39 is 5.25 Å². The molecule has 1 atom stereocenters. The summed E-state index contributed by atoms with van der Waals surface area (Å²) in [6.45, 7) is 0. The molecule has 2 aromatic carbocycles. The van der Waals surface area contributed by atoms with Crippen molar-refractivity contribution in [3.05, 3.63) is 53.6 Å². The van der Waals surface area contributed by atoms with E-state index in [1.54, 1.807) is 24.3 Å². The first kappa shape index (κ1) is 18.1. The zero-order valence-corrected chi connectivity index (χ0v) is 15.9. The van der Waals surface area contributed by atoms with Gasteiger partial charge < -0.3 is 5.32 Å². The Morgan fingerprint density at radius 1 is 1.11 bits per heavy atom. The summed E-state index contributed by atoms with van der Waals surface area (Å²) in [4.78, 5) is 38.9. The van der Waals surface area contributed by atoms with Crippen LogP contribution >= 0.6 is 23.4 Å². The predicted molar refractivity (Wildman–Crippen MR) is 106 cm³/mol. The fraction of sp³-hybridized carbons (Fsp3) is 0.250. The number of amides is 3. The van der Waals surface area contributed by atoms with E-state index in [1.165, 1.54) is 16.7 Å². The summed E-state index contributed by atoms with van der Waals surface area (Å²) in [5, 5.41) is 2.89. The van der Waals surface area contributed by atoms with Crippen molar-refractivity contribution in [2.45, 2.75) is 29.4 Å². The second kappa shape index (κ2) is 7.37. The molecule has 3 amide bonds. The molecule has 0 radical (unpaired) electrons. The Kier molecular flexibility index (Phi) is 4.93. The van der Waals surface area contributed by atoms with E-state index in [-0.39, 0.29) is 30.1 Å². The van der Waals surface area contributed by atoms with Gasteiger partial charge in [-0.15, -0.1) is 11.8 Å². The van der Waals surface area contributed by atoms with Gasteiger partial charge in [0.05, 0.1) is 10.9 Å². The number of rotatable bonds is 5. The number of carbonyl (C=O) groups excluding carboxylic acids is 3. The molecule has 0 aromatic heterocycles. The fourth-order valence-electron chi connectivity index (χ4n) is 2.95. The van der Waals surface area contributed by atoms with Crippen LogP contribution in [0.1, 0.15) is 19.3 Å². The van der Waals surface area contributed by atoms with Gasteiger partial charge in [0.2, 0.25) is 17.7 Å². The van der Waals surface area contributed by atoms with Crippen molar-refractivity contribution in [3.8, 4) is 0 Å². The maximum atomic E-state index is 12.7. The number of nitrogens with one attached hydrogen (secondary N) is 1. The van der Waals surface area contributed by atoms with Crippen LogP contribution in [0.2, 0.25) is 5.02 Å². The number of imide groups is 1. The number of thioether (sulfide) groups is 1. The molecule has 0 spiro atoms. The third kappa shape index (κ3) is 4.01. The van der Waals surface area contributed by atoms with E-state index >= 15 is 0 Å². The SMILES string of the molecule is O=C(Nc1ccc(SC2CC(=O)N(c3cccc(Cl)c3)C2=O)cc1)C1CC1. The monoisotopic (exact) mass is 400 g/mol. The summed E-state index contributed by atoms with van der Waals surface area (Å²) in [5.74, 6) is -0.255. The molecule has 1 aliphatic carbocycles. The molecule has 5 nitrogen and oxygen atoms in total. The van der Waals surface area contributed by atoms with Gasteiger partial charge in [-0.2, -0.15) is 0 Å². The smallest absolute Gasteiger partial charge is 0.247 e. The van der Waals surface area contributed by atoms with Crippen LogP contribution < -0.4 is 10.2 Å². The summed E-state index contributed by atoms with van der Waals surface area (Å²) >= 11 is 7.33. The maximum absolute atomic E-state index is 12.7. The van der Waals surface area contributed by atoms with E-state index in [0.717, 1.165) is 23.4 Å². The number of hydrogen-bond acceptors (Lipinski definition) is 4. The van der Waals surface area contributed by atoms with Gasteiger partial charge >= 0.3 is 0 Å². The topological polar surface area (TPSA) is 66.5 Å². The van der Waals surface area contributed by atoms with Crippen molar-refractivity contribution >= 4 is 52.5 Å². The van der Waals surface area contributed by atoms with Crippen molar-refractivity contribution in [2.24, 2.45) is 5.92 Å². The van der Waals surface area contributed by atoms with E-state index in [4.69, 9.17) is 11.6 Å². The van der Waals surface area contributed by atoms with E-state index in [2.05, 4.69) is 5.32 Å². The van der Waals surface area contributed by atoms with Crippen LogP contribution in [0.15, 0.2) is 53.4 Å². The molecule has 138 valence electrons. The lowest BCUT2D eigenvalue weighted by atomic mass is 10.3. The van der Waals surface area contributed by atoms with Crippen LogP contribution in [0, 0.1) is 5.92 Å². The summed E-state index contributed by atoms with van der Waals surface area (Å²) < 4.78 is 0. The molecule has 2 aromatic rings.